The van der Waals surface area contributed by atoms with E-state index in [2.05, 4.69) is 130 Å². The van der Waals surface area contributed by atoms with Crippen LogP contribution in [0.4, 0.5) is 5.82 Å². The molecule has 2 aromatic carbocycles. The maximum atomic E-state index is 7.25. The fourth-order valence-electron chi connectivity index (χ4n) is 5.89. The van der Waals surface area contributed by atoms with E-state index in [9.17, 15) is 0 Å². The molecule has 0 N–H and O–H groups in total. The second-order valence-electron chi connectivity index (χ2n) is 11.8. The Bertz CT molecular complexity index is 1470. The Kier molecular flexibility index (Phi) is 9.48. The Labute approximate surface area is 263 Å². The number of fused-ring (bicyclic) bond motifs is 1. The number of benzene rings is 2. The largest absolute Gasteiger partial charge is 0.405 e. The summed E-state index contributed by atoms with van der Waals surface area (Å²) in [5.74, 6) is 0.641. The van der Waals surface area contributed by atoms with E-state index in [1.54, 1.807) is 12.7 Å². The Morgan fingerprint density at radius 3 is 2.29 bits per heavy atom. The van der Waals surface area contributed by atoms with Crippen molar-refractivity contribution in [1.29, 1.82) is 0 Å². The van der Waals surface area contributed by atoms with Gasteiger partial charge in [0, 0.05) is 36.9 Å². The molecule has 3 unspecified atom stereocenters. The van der Waals surface area contributed by atoms with Crippen LogP contribution in [0, 0.1) is 3.57 Å². The van der Waals surface area contributed by atoms with Crippen molar-refractivity contribution in [3.63, 3.8) is 0 Å². The van der Waals surface area contributed by atoms with E-state index in [0.717, 1.165) is 14.6 Å². The zero-order valence-electron chi connectivity index (χ0n) is 25.2. The van der Waals surface area contributed by atoms with Crippen LogP contribution >= 0.6 is 22.6 Å². The number of ether oxygens (including phenoxy) is 2. The van der Waals surface area contributed by atoms with Crippen LogP contribution in [0.5, 0.6) is 0 Å². The van der Waals surface area contributed by atoms with Gasteiger partial charge in [0.2, 0.25) is 0 Å². The highest BCUT2D eigenvalue weighted by molar-refractivity contribution is 14.1. The molecule has 0 radical (unpaired) electrons. The van der Waals surface area contributed by atoms with Gasteiger partial charge in [-0.15, -0.1) is 0 Å². The van der Waals surface area contributed by atoms with E-state index in [4.69, 9.17) is 13.9 Å². The second-order valence-corrected chi connectivity index (χ2v) is 17.3. The molecule has 2 aromatic heterocycles. The van der Waals surface area contributed by atoms with Crippen LogP contribution in [0.2, 0.25) is 5.04 Å². The number of aromatic nitrogens is 3. The van der Waals surface area contributed by atoms with Crippen LogP contribution in [0.1, 0.15) is 40.3 Å². The molecule has 1 aliphatic heterocycles. The van der Waals surface area contributed by atoms with E-state index >= 15 is 0 Å². The van der Waals surface area contributed by atoms with Crippen molar-refractivity contribution in [1.82, 2.24) is 19.4 Å². The standard InChI is InChI=1S/C32H40IN5O3Si/c1-7-39-26-18-28(38-19-25(33)29-30(36-22-37(5)6)34-21-35-31(29)38)41-27(26)20-40-42(32(2,3)4,23-14-10-8-11-15-23)24-16-12-9-13-17-24/h8-17,19,21-22,26-28H,7,18,20H2,1-6H3/b36-22-. The third-order valence-corrected chi connectivity index (χ3v) is 13.5. The molecule has 1 fully saturated rings. The van der Waals surface area contributed by atoms with Gasteiger partial charge < -0.3 is 23.4 Å². The molecule has 0 saturated carbocycles. The molecule has 5 rings (SSSR count). The number of nitrogens with zero attached hydrogens (tertiary/aromatic N) is 5. The minimum Gasteiger partial charge on any atom is -0.405 e. The zero-order chi connectivity index (χ0) is 29.9. The minimum absolute atomic E-state index is 0.110. The van der Waals surface area contributed by atoms with E-state index < -0.39 is 8.32 Å². The number of halogens is 1. The van der Waals surface area contributed by atoms with E-state index in [1.165, 1.54) is 10.4 Å². The zero-order valence-corrected chi connectivity index (χ0v) is 28.4. The number of hydrogen-bond donors (Lipinski definition) is 0. The molecule has 8 nitrogen and oxygen atoms in total. The summed E-state index contributed by atoms with van der Waals surface area (Å²) in [6, 6.07) is 21.4. The van der Waals surface area contributed by atoms with E-state index in [1.807, 2.05) is 25.9 Å². The maximum absolute atomic E-state index is 7.25. The minimum atomic E-state index is -2.72. The van der Waals surface area contributed by atoms with Gasteiger partial charge in [0.1, 0.15) is 24.3 Å². The molecular formula is C32H40IN5O3Si. The Balaban J connectivity index is 1.48. The van der Waals surface area contributed by atoms with E-state index in [0.29, 0.717) is 25.5 Å². The molecule has 3 atom stereocenters. The third kappa shape index (κ3) is 6.05. The van der Waals surface area contributed by atoms with Crippen LogP contribution in [-0.4, -0.2) is 73.6 Å². The molecule has 42 heavy (non-hydrogen) atoms. The fraction of sp³-hybridized carbons (Fsp3) is 0.406. The molecule has 0 aliphatic carbocycles. The second kappa shape index (κ2) is 12.9. The number of hydrogen-bond acceptors (Lipinski definition) is 6. The summed E-state index contributed by atoms with van der Waals surface area (Å²) >= 11 is 2.33. The van der Waals surface area contributed by atoms with Gasteiger partial charge in [-0.1, -0.05) is 81.4 Å². The van der Waals surface area contributed by atoms with Gasteiger partial charge in [-0.25, -0.2) is 15.0 Å². The average molecular weight is 698 g/mol. The molecule has 1 saturated heterocycles. The first-order chi connectivity index (χ1) is 20.2. The monoisotopic (exact) mass is 697 g/mol. The van der Waals surface area contributed by atoms with Crippen molar-refractivity contribution in [2.45, 2.75) is 57.6 Å². The molecule has 0 amide bonds. The first-order valence-corrected chi connectivity index (χ1v) is 17.4. The van der Waals surface area contributed by atoms with Gasteiger partial charge in [0.15, 0.2) is 5.82 Å². The lowest BCUT2D eigenvalue weighted by atomic mass is 10.2. The Hall–Kier alpha value is -2.64. The number of aliphatic imine (C=N–C) groups is 1. The summed E-state index contributed by atoms with van der Waals surface area (Å²) in [5.41, 5.74) is 0.800. The van der Waals surface area contributed by atoms with Crippen molar-refractivity contribution < 1.29 is 13.9 Å². The smallest absolute Gasteiger partial charge is 0.261 e. The molecule has 1 aliphatic rings. The molecular weight excluding hydrogens is 657 g/mol. The van der Waals surface area contributed by atoms with Crippen molar-refractivity contribution in [3.8, 4) is 0 Å². The SMILES string of the molecule is CCOC1CC(n2cc(I)c3c(/N=C\N(C)C)ncnc32)OC1CO[Si](c1ccccc1)(c1ccccc1)C(C)(C)C. The molecule has 4 aromatic rings. The van der Waals surface area contributed by atoms with Gasteiger partial charge in [-0.3, -0.25) is 0 Å². The predicted molar refractivity (Wildman–Crippen MR) is 180 cm³/mol. The fourth-order valence-corrected chi connectivity index (χ4v) is 11.2. The van der Waals surface area contributed by atoms with Crippen LogP contribution in [-0.2, 0) is 13.9 Å². The average Bonchev–Trinajstić information content (AvgIpc) is 3.53. The Morgan fingerprint density at radius 1 is 1.07 bits per heavy atom. The summed E-state index contributed by atoms with van der Waals surface area (Å²) in [5, 5.41) is 3.29. The summed E-state index contributed by atoms with van der Waals surface area (Å²) < 4.78 is 23.4. The first-order valence-electron chi connectivity index (χ1n) is 14.4. The van der Waals surface area contributed by atoms with Gasteiger partial charge in [-0.05, 0) is 44.9 Å². The molecule has 0 spiro atoms. The van der Waals surface area contributed by atoms with Crippen LogP contribution in [0.3, 0.4) is 0 Å². The third-order valence-electron chi connectivity index (χ3n) is 7.71. The Morgan fingerprint density at radius 2 is 1.71 bits per heavy atom. The van der Waals surface area contributed by atoms with Crippen molar-refractivity contribution in [3.05, 3.63) is 76.8 Å². The molecule has 10 heteroatoms. The quantitative estimate of drug-likeness (QED) is 0.0941. The van der Waals surface area contributed by atoms with E-state index in [-0.39, 0.29) is 23.5 Å². The van der Waals surface area contributed by atoms with Crippen LogP contribution < -0.4 is 10.4 Å². The lowest BCUT2D eigenvalue weighted by Crippen LogP contribution is -2.67. The lowest BCUT2D eigenvalue weighted by molar-refractivity contribution is -0.0552. The summed E-state index contributed by atoms with van der Waals surface area (Å²) in [6.45, 7) is 9.94. The normalized spacial score (nSPS) is 19.6. The first kappa shape index (κ1) is 30.8. The van der Waals surface area contributed by atoms with Gasteiger partial charge in [0.05, 0.1) is 24.4 Å². The maximum Gasteiger partial charge on any atom is 0.261 e. The summed E-state index contributed by atoms with van der Waals surface area (Å²) in [4.78, 5) is 15.6. The lowest BCUT2D eigenvalue weighted by Gasteiger charge is -2.43. The van der Waals surface area contributed by atoms with Gasteiger partial charge >= 0.3 is 0 Å². The molecule has 222 valence electrons. The molecule has 0 bridgehead atoms. The van der Waals surface area contributed by atoms with Gasteiger partial charge in [0.25, 0.3) is 8.32 Å². The summed E-state index contributed by atoms with van der Waals surface area (Å²) in [6.07, 6.45) is 5.50. The summed E-state index contributed by atoms with van der Waals surface area (Å²) in [7, 11) is 1.16. The van der Waals surface area contributed by atoms with Crippen LogP contribution in [0.15, 0.2) is 78.2 Å². The van der Waals surface area contributed by atoms with Crippen molar-refractivity contribution in [2.75, 3.05) is 27.3 Å². The highest BCUT2D eigenvalue weighted by Gasteiger charge is 2.51. The number of rotatable bonds is 10. The van der Waals surface area contributed by atoms with Crippen molar-refractivity contribution >= 4 is 64.5 Å². The highest BCUT2D eigenvalue weighted by Crippen LogP contribution is 2.40. The van der Waals surface area contributed by atoms with Crippen LogP contribution in [0.25, 0.3) is 11.0 Å². The topological polar surface area (TPSA) is 74.0 Å². The predicted octanol–water partition coefficient (Wildman–Crippen LogP) is 5.53. The van der Waals surface area contributed by atoms with Gasteiger partial charge in [-0.2, -0.15) is 0 Å². The van der Waals surface area contributed by atoms with Crippen molar-refractivity contribution in [2.24, 2.45) is 4.99 Å². The highest BCUT2D eigenvalue weighted by atomic mass is 127. The molecule has 3 heterocycles.